The van der Waals surface area contributed by atoms with Crippen LogP contribution in [-0.4, -0.2) is 51.6 Å². The number of methoxy groups -OCH3 is 2. The molecule has 6 nitrogen and oxygen atoms in total. The second-order valence-electron chi connectivity index (χ2n) is 4.38. The summed E-state index contributed by atoms with van der Waals surface area (Å²) in [5.41, 5.74) is 6.77. The number of ether oxygens (including phenoxy) is 2. The number of nitrogens with zero attached hydrogens (tertiary/aromatic N) is 1. The molecule has 0 aromatic heterocycles. The van der Waals surface area contributed by atoms with Gasteiger partial charge in [-0.15, -0.1) is 0 Å². The summed E-state index contributed by atoms with van der Waals surface area (Å²) >= 11 is 6.15. The number of hydrogen-bond acceptors (Lipinski definition) is 6. The minimum absolute atomic E-state index is 0.185. The molecule has 0 amide bonds. The number of rotatable bonds is 6. The lowest BCUT2D eigenvalue weighted by atomic mass is 10.1. The largest absolute Gasteiger partial charge is 0.465 e. The van der Waals surface area contributed by atoms with Gasteiger partial charge in [0, 0.05) is 26.4 Å². The van der Waals surface area contributed by atoms with Crippen molar-refractivity contribution in [1.29, 1.82) is 0 Å². The highest BCUT2D eigenvalue weighted by atomic mass is 35.5. The van der Waals surface area contributed by atoms with Crippen LogP contribution in [0.15, 0.2) is 12.1 Å². The molecule has 0 aliphatic rings. The van der Waals surface area contributed by atoms with E-state index in [1.807, 2.05) is 0 Å². The van der Waals surface area contributed by atoms with E-state index in [-0.39, 0.29) is 18.7 Å². The van der Waals surface area contributed by atoms with E-state index in [1.165, 1.54) is 20.3 Å². The zero-order valence-electron chi connectivity index (χ0n) is 11.7. The summed E-state index contributed by atoms with van der Waals surface area (Å²) in [6, 6.07) is 3.04. The quantitative estimate of drug-likeness (QED) is 0.606. The Hall–Kier alpha value is -1.50. The van der Waals surface area contributed by atoms with E-state index in [0.717, 1.165) is 0 Å². The maximum Gasteiger partial charge on any atom is 0.340 e. The number of benzene rings is 1. The summed E-state index contributed by atoms with van der Waals surface area (Å²) in [4.78, 5) is 13.5. The van der Waals surface area contributed by atoms with E-state index < -0.39 is 12.1 Å². The number of carbonyl (C=O) groups is 1. The van der Waals surface area contributed by atoms with Gasteiger partial charge in [0.25, 0.3) is 0 Å². The van der Waals surface area contributed by atoms with Crippen molar-refractivity contribution in [2.24, 2.45) is 0 Å². The molecule has 0 saturated carbocycles. The first-order valence-electron chi connectivity index (χ1n) is 5.96. The Balaban J connectivity index is 3.11. The molecule has 1 rings (SSSR count). The van der Waals surface area contributed by atoms with Crippen LogP contribution in [0.5, 0.6) is 0 Å². The zero-order chi connectivity index (χ0) is 15.3. The first-order valence-corrected chi connectivity index (χ1v) is 6.34. The van der Waals surface area contributed by atoms with Crippen LogP contribution in [0.3, 0.4) is 0 Å². The molecular formula is C13H19ClN2O4. The molecule has 0 aliphatic carbocycles. The Morgan fingerprint density at radius 3 is 2.70 bits per heavy atom. The van der Waals surface area contributed by atoms with Gasteiger partial charge in [-0.25, -0.2) is 4.79 Å². The number of carbonyl (C=O) groups excluding carboxylic acids is 1. The summed E-state index contributed by atoms with van der Waals surface area (Å²) in [5, 5.41) is 10.1. The lowest BCUT2D eigenvalue weighted by molar-refractivity contribution is 0.0599. The predicted octanol–water partition coefficient (Wildman–Crippen LogP) is 1.15. The normalized spacial score (nSPS) is 12.1. The summed E-state index contributed by atoms with van der Waals surface area (Å²) in [6.45, 7) is 0.436. The molecule has 1 unspecified atom stereocenters. The van der Waals surface area contributed by atoms with Crippen LogP contribution in [0.1, 0.15) is 10.4 Å². The molecule has 0 radical (unpaired) electrons. The Morgan fingerprint density at radius 1 is 1.50 bits per heavy atom. The minimum Gasteiger partial charge on any atom is -0.465 e. The van der Waals surface area contributed by atoms with Crippen molar-refractivity contribution >= 4 is 28.9 Å². The van der Waals surface area contributed by atoms with Crippen LogP contribution in [0.2, 0.25) is 5.02 Å². The number of halogens is 1. The van der Waals surface area contributed by atoms with Gasteiger partial charge in [-0.3, -0.25) is 0 Å². The Bertz CT molecular complexity index is 482. The summed E-state index contributed by atoms with van der Waals surface area (Å²) in [6.07, 6.45) is -0.705. The van der Waals surface area contributed by atoms with E-state index in [9.17, 15) is 9.90 Å². The average molecular weight is 303 g/mol. The molecule has 20 heavy (non-hydrogen) atoms. The van der Waals surface area contributed by atoms with Crippen molar-refractivity contribution in [2.45, 2.75) is 6.10 Å². The van der Waals surface area contributed by atoms with Gasteiger partial charge in [-0.2, -0.15) is 0 Å². The highest BCUT2D eigenvalue weighted by Gasteiger charge is 2.21. The van der Waals surface area contributed by atoms with Gasteiger partial charge >= 0.3 is 5.97 Å². The van der Waals surface area contributed by atoms with Crippen LogP contribution in [0, 0.1) is 0 Å². The van der Waals surface area contributed by atoms with Gasteiger partial charge in [-0.05, 0) is 12.1 Å². The lowest BCUT2D eigenvalue weighted by Crippen LogP contribution is -2.33. The number of nitrogens with two attached hydrogens (primary N) is 1. The second kappa shape index (κ2) is 7.33. The number of aliphatic hydroxyl groups is 1. The number of nitrogen functional groups attached to an aromatic ring is 1. The predicted molar refractivity (Wildman–Crippen MR) is 78.4 cm³/mol. The van der Waals surface area contributed by atoms with Gasteiger partial charge in [0.05, 0.1) is 36.1 Å². The number of likely N-dealkylation sites (N-methyl/N-ethyl adjacent to an activating group) is 1. The topological polar surface area (TPSA) is 85.0 Å². The van der Waals surface area contributed by atoms with Crippen molar-refractivity contribution in [3.05, 3.63) is 22.7 Å². The van der Waals surface area contributed by atoms with E-state index in [0.29, 0.717) is 16.4 Å². The highest BCUT2D eigenvalue weighted by molar-refractivity contribution is 6.34. The van der Waals surface area contributed by atoms with E-state index in [1.54, 1.807) is 18.0 Å². The first-order chi connectivity index (χ1) is 9.40. The zero-order valence-corrected chi connectivity index (χ0v) is 12.5. The van der Waals surface area contributed by atoms with Crippen molar-refractivity contribution < 1.29 is 19.4 Å². The van der Waals surface area contributed by atoms with Gasteiger partial charge < -0.3 is 25.2 Å². The van der Waals surface area contributed by atoms with E-state index in [2.05, 4.69) is 0 Å². The highest BCUT2D eigenvalue weighted by Crippen LogP contribution is 2.32. The smallest absolute Gasteiger partial charge is 0.340 e. The number of anilines is 2. The molecule has 1 atom stereocenters. The molecule has 0 heterocycles. The van der Waals surface area contributed by atoms with Crippen molar-refractivity contribution in [3.8, 4) is 0 Å². The Kier molecular flexibility index (Phi) is 6.06. The fourth-order valence-electron chi connectivity index (χ4n) is 1.93. The van der Waals surface area contributed by atoms with Gasteiger partial charge in [0.15, 0.2) is 0 Å². The third-order valence-corrected chi connectivity index (χ3v) is 3.00. The fraction of sp³-hybridized carbons (Fsp3) is 0.462. The molecule has 7 heteroatoms. The average Bonchev–Trinajstić information content (AvgIpc) is 2.36. The molecular weight excluding hydrogens is 284 g/mol. The molecule has 1 aromatic carbocycles. The van der Waals surface area contributed by atoms with Crippen LogP contribution >= 0.6 is 11.6 Å². The standard InChI is InChI=1S/C13H19ClN2O4/c1-16(6-9(17)7-19-2)12-10(13(18)20-3)4-8(15)5-11(12)14/h4-5,9,17H,6-7,15H2,1-3H3. The summed E-state index contributed by atoms with van der Waals surface area (Å²) in [7, 11) is 4.49. The fourth-order valence-corrected chi connectivity index (χ4v) is 2.30. The SMILES string of the molecule is COCC(O)CN(C)c1c(Cl)cc(N)cc1C(=O)OC. The third-order valence-electron chi connectivity index (χ3n) is 2.72. The summed E-state index contributed by atoms with van der Waals surface area (Å²) in [5.74, 6) is -0.540. The second-order valence-corrected chi connectivity index (χ2v) is 4.79. The van der Waals surface area contributed by atoms with Crippen LogP contribution in [0.4, 0.5) is 11.4 Å². The molecule has 3 N–H and O–H groups in total. The molecule has 0 aliphatic heterocycles. The van der Waals surface area contributed by atoms with E-state index in [4.69, 9.17) is 26.8 Å². The number of aliphatic hydroxyl groups excluding tert-OH is 1. The van der Waals surface area contributed by atoms with Gasteiger partial charge in [0.2, 0.25) is 0 Å². The first kappa shape index (κ1) is 16.6. The monoisotopic (exact) mass is 302 g/mol. The number of esters is 1. The Labute approximate surface area is 123 Å². The minimum atomic E-state index is -0.705. The number of hydrogen-bond donors (Lipinski definition) is 2. The van der Waals surface area contributed by atoms with Gasteiger partial charge in [0.1, 0.15) is 0 Å². The van der Waals surface area contributed by atoms with Crippen LogP contribution < -0.4 is 10.6 Å². The van der Waals surface area contributed by atoms with Crippen LogP contribution in [0.25, 0.3) is 0 Å². The maximum absolute atomic E-state index is 11.8. The molecule has 0 saturated heterocycles. The molecule has 0 bridgehead atoms. The van der Waals surface area contributed by atoms with Crippen molar-refractivity contribution in [2.75, 3.05) is 45.1 Å². The molecule has 0 fully saturated rings. The molecule has 112 valence electrons. The summed E-state index contributed by atoms with van der Waals surface area (Å²) < 4.78 is 9.59. The third kappa shape index (κ3) is 4.00. The Morgan fingerprint density at radius 2 is 2.15 bits per heavy atom. The lowest BCUT2D eigenvalue weighted by Gasteiger charge is -2.25. The van der Waals surface area contributed by atoms with Crippen molar-refractivity contribution in [3.63, 3.8) is 0 Å². The maximum atomic E-state index is 11.8. The van der Waals surface area contributed by atoms with E-state index >= 15 is 0 Å². The van der Waals surface area contributed by atoms with Crippen LogP contribution in [-0.2, 0) is 9.47 Å². The molecule has 1 aromatic rings. The van der Waals surface area contributed by atoms with Crippen molar-refractivity contribution in [1.82, 2.24) is 0 Å². The van der Waals surface area contributed by atoms with Gasteiger partial charge in [-0.1, -0.05) is 11.6 Å². The molecule has 0 spiro atoms.